The molecule has 1 fully saturated rings. The monoisotopic (exact) mass is 464 g/mol. The molecule has 0 spiro atoms. The van der Waals surface area contributed by atoms with Gasteiger partial charge in [-0.3, -0.25) is 0 Å². The molecule has 3 rings (SSSR count). The minimum Gasteiger partial charge on any atom is -0.300 e. The van der Waals surface area contributed by atoms with Gasteiger partial charge in [0.25, 0.3) is 0 Å². The highest BCUT2D eigenvalue weighted by Crippen LogP contribution is 2.46. The van der Waals surface area contributed by atoms with Gasteiger partial charge in [-0.15, -0.1) is 0 Å². The first-order chi connectivity index (χ1) is 16.1. The first kappa shape index (κ1) is 25.8. The Hall–Kier alpha value is -1.82. The van der Waals surface area contributed by atoms with Crippen molar-refractivity contribution in [1.82, 2.24) is 4.90 Å². The van der Waals surface area contributed by atoms with Gasteiger partial charge in [-0.25, -0.2) is 0 Å². The Labute approximate surface area is 207 Å². The number of nitrogens with zero attached hydrogens (tertiary/aromatic N) is 2. The lowest BCUT2D eigenvalue weighted by molar-refractivity contribution is 0.159. The molecule has 2 aromatic rings. The van der Waals surface area contributed by atoms with Crippen LogP contribution in [-0.4, -0.2) is 24.0 Å². The first-order valence-corrected chi connectivity index (χ1v) is 13.5. The van der Waals surface area contributed by atoms with Crippen molar-refractivity contribution in [3.05, 3.63) is 70.7 Å². The molecule has 0 N–H and O–H groups in total. The molecule has 0 aromatic heterocycles. The lowest BCUT2D eigenvalue weighted by atomic mass is 9.63. The van der Waals surface area contributed by atoms with Gasteiger partial charge in [0.15, 0.2) is 0 Å². The Morgan fingerprint density at radius 1 is 1.00 bits per heavy atom. The molecule has 0 heterocycles. The number of nitriles is 1. The molecule has 1 aliphatic carbocycles. The molecule has 2 atom stereocenters. The molecule has 0 bridgehead atoms. The van der Waals surface area contributed by atoms with Gasteiger partial charge in [0.05, 0.1) is 11.5 Å². The lowest BCUT2D eigenvalue weighted by Gasteiger charge is -2.40. The highest BCUT2D eigenvalue weighted by molar-refractivity contribution is 6.31. The van der Waals surface area contributed by atoms with Crippen LogP contribution in [0.1, 0.15) is 82.8 Å². The quantitative estimate of drug-likeness (QED) is 0.316. The molecule has 2 unspecified atom stereocenters. The van der Waals surface area contributed by atoms with Crippen LogP contribution in [0.3, 0.4) is 0 Å². The van der Waals surface area contributed by atoms with Gasteiger partial charge in [0, 0.05) is 17.6 Å². The van der Waals surface area contributed by atoms with Crippen molar-refractivity contribution >= 4 is 11.6 Å². The molecule has 0 aliphatic heterocycles. The van der Waals surface area contributed by atoms with Crippen molar-refractivity contribution in [3.8, 4) is 6.07 Å². The highest BCUT2D eigenvalue weighted by atomic mass is 35.5. The van der Waals surface area contributed by atoms with Crippen LogP contribution in [0.2, 0.25) is 5.02 Å². The van der Waals surface area contributed by atoms with E-state index in [4.69, 9.17) is 11.6 Å². The van der Waals surface area contributed by atoms with Crippen molar-refractivity contribution in [2.45, 2.75) is 89.5 Å². The highest BCUT2D eigenvalue weighted by Gasteiger charge is 2.42. The van der Waals surface area contributed by atoms with E-state index in [1.165, 1.54) is 24.8 Å². The molecule has 0 saturated heterocycles. The molecule has 1 saturated carbocycles. The summed E-state index contributed by atoms with van der Waals surface area (Å²) in [5.41, 5.74) is 1.98. The summed E-state index contributed by atoms with van der Waals surface area (Å²) >= 11 is 6.72. The smallest absolute Gasteiger partial charge is 0.0865 e. The van der Waals surface area contributed by atoms with Crippen molar-refractivity contribution < 1.29 is 0 Å². The molecular weight excluding hydrogens is 424 g/mol. The predicted octanol–water partition coefficient (Wildman–Crippen LogP) is 8.20. The lowest BCUT2D eigenvalue weighted by Crippen LogP contribution is -2.41. The Bertz CT molecular complexity index is 868. The minimum atomic E-state index is -0.483. The van der Waals surface area contributed by atoms with Gasteiger partial charge in [-0.1, -0.05) is 93.2 Å². The molecule has 33 heavy (non-hydrogen) atoms. The Kier molecular flexibility index (Phi) is 10.3. The summed E-state index contributed by atoms with van der Waals surface area (Å²) in [5.74, 6) is 0.401. The molecule has 3 heteroatoms. The fourth-order valence-electron chi connectivity index (χ4n) is 5.91. The van der Waals surface area contributed by atoms with Crippen LogP contribution < -0.4 is 0 Å². The summed E-state index contributed by atoms with van der Waals surface area (Å²) in [6, 6.07) is 22.3. The molecule has 2 nitrogen and oxygen atoms in total. The summed E-state index contributed by atoms with van der Waals surface area (Å²) in [6.45, 7) is 6.76. The Balaban J connectivity index is 1.80. The van der Waals surface area contributed by atoms with Gasteiger partial charge in [-0.05, 0) is 74.6 Å². The minimum absolute atomic E-state index is 0.401. The van der Waals surface area contributed by atoms with Crippen molar-refractivity contribution in [3.63, 3.8) is 0 Å². The van der Waals surface area contributed by atoms with Gasteiger partial charge in [-0.2, -0.15) is 5.26 Å². The van der Waals surface area contributed by atoms with Crippen molar-refractivity contribution in [1.29, 1.82) is 5.26 Å². The second-order valence-electron chi connectivity index (χ2n) is 9.77. The van der Waals surface area contributed by atoms with E-state index in [1.807, 2.05) is 12.1 Å². The number of rotatable bonds is 12. The zero-order valence-electron chi connectivity index (χ0n) is 20.6. The molecular formula is C30H41ClN2. The van der Waals surface area contributed by atoms with Gasteiger partial charge in [0.2, 0.25) is 0 Å². The molecule has 0 amide bonds. The number of halogens is 1. The van der Waals surface area contributed by atoms with E-state index in [9.17, 15) is 5.26 Å². The second kappa shape index (κ2) is 13.2. The van der Waals surface area contributed by atoms with E-state index in [2.05, 4.69) is 67.3 Å². The molecule has 1 aliphatic rings. The topological polar surface area (TPSA) is 27.0 Å². The summed E-state index contributed by atoms with van der Waals surface area (Å²) in [6.07, 6.45) is 11.3. The maximum Gasteiger partial charge on any atom is 0.0865 e. The van der Waals surface area contributed by atoms with E-state index in [-0.39, 0.29) is 0 Å². The van der Waals surface area contributed by atoms with Crippen LogP contribution in [0.5, 0.6) is 0 Å². The van der Waals surface area contributed by atoms with Crippen LogP contribution in [0, 0.1) is 17.2 Å². The summed E-state index contributed by atoms with van der Waals surface area (Å²) in [7, 11) is 0. The van der Waals surface area contributed by atoms with Crippen molar-refractivity contribution in [2.24, 2.45) is 5.92 Å². The predicted molar refractivity (Wildman–Crippen MR) is 141 cm³/mol. The fourth-order valence-corrected chi connectivity index (χ4v) is 6.21. The van der Waals surface area contributed by atoms with Crippen LogP contribution in [0.15, 0.2) is 54.6 Å². The maximum atomic E-state index is 10.7. The Morgan fingerprint density at radius 3 is 2.33 bits per heavy atom. The largest absolute Gasteiger partial charge is 0.300 e. The number of benzene rings is 2. The van der Waals surface area contributed by atoms with E-state index in [0.717, 1.165) is 68.6 Å². The average Bonchev–Trinajstić information content (AvgIpc) is 2.87. The third kappa shape index (κ3) is 6.62. The third-order valence-electron chi connectivity index (χ3n) is 7.76. The zero-order chi connectivity index (χ0) is 23.5. The number of hydrogen-bond acceptors (Lipinski definition) is 2. The number of hydrogen-bond donors (Lipinski definition) is 0. The fraction of sp³-hybridized carbons (Fsp3) is 0.567. The standard InChI is InChI=1S/C30H41ClN2/c1-3-22-33(23-20-25-13-7-5-8-14-25)27(4-2)19-21-30(24-32,26-15-9-6-10-16-26)28-17-11-12-18-29(28)31/h5,7-8,11-14,17-18,26-27H,3-4,6,9-10,15-16,19-23H2,1-2H3. The van der Waals surface area contributed by atoms with Crippen LogP contribution in [-0.2, 0) is 11.8 Å². The van der Waals surface area contributed by atoms with E-state index < -0.39 is 5.41 Å². The maximum absolute atomic E-state index is 10.7. The third-order valence-corrected chi connectivity index (χ3v) is 8.09. The van der Waals surface area contributed by atoms with Gasteiger partial charge >= 0.3 is 0 Å². The van der Waals surface area contributed by atoms with E-state index in [0.29, 0.717) is 12.0 Å². The molecule has 0 radical (unpaired) electrons. The molecule has 2 aromatic carbocycles. The van der Waals surface area contributed by atoms with Crippen LogP contribution in [0.25, 0.3) is 0 Å². The van der Waals surface area contributed by atoms with E-state index in [1.54, 1.807) is 0 Å². The van der Waals surface area contributed by atoms with Crippen LogP contribution >= 0.6 is 11.6 Å². The summed E-state index contributed by atoms with van der Waals surface area (Å²) in [5, 5.41) is 11.4. The van der Waals surface area contributed by atoms with Crippen LogP contribution in [0.4, 0.5) is 0 Å². The SMILES string of the molecule is CCCN(CCc1ccccc1)C(CC)CCC(C#N)(c1ccccc1Cl)C1CCCCC1. The van der Waals surface area contributed by atoms with Gasteiger partial charge < -0.3 is 4.90 Å². The average molecular weight is 465 g/mol. The zero-order valence-corrected chi connectivity index (χ0v) is 21.4. The molecule has 178 valence electrons. The van der Waals surface area contributed by atoms with Crippen molar-refractivity contribution in [2.75, 3.05) is 13.1 Å². The summed E-state index contributed by atoms with van der Waals surface area (Å²) in [4.78, 5) is 2.67. The van der Waals surface area contributed by atoms with Gasteiger partial charge in [0.1, 0.15) is 0 Å². The Morgan fingerprint density at radius 2 is 1.70 bits per heavy atom. The van der Waals surface area contributed by atoms with E-state index >= 15 is 0 Å². The summed E-state index contributed by atoms with van der Waals surface area (Å²) < 4.78 is 0. The first-order valence-electron chi connectivity index (χ1n) is 13.1. The normalized spacial score (nSPS) is 17.4. The second-order valence-corrected chi connectivity index (χ2v) is 10.2.